The predicted molar refractivity (Wildman–Crippen MR) is 82.7 cm³/mol. The number of nitrogens with one attached hydrogen (secondary N) is 1. The first kappa shape index (κ1) is 16.4. The van der Waals surface area contributed by atoms with Crippen LogP contribution < -0.4 is 19.5 Å². The predicted octanol–water partition coefficient (Wildman–Crippen LogP) is 2.20. The van der Waals surface area contributed by atoms with Gasteiger partial charge in [0.2, 0.25) is 11.7 Å². The number of ether oxygens (including phenoxy) is 3. The van der Waals surface area contributed by atoms with Crippen molar-refractivity contribution in [3.63, 3.8) is 0 Å². The second-order valence-corrected chi connectivity index (χ2v) is 5.50. The number of amides is 1. The molecule has 2 N–H and O–H groups in total. The smallest absolute Gasteiger partial charge is 0.224 e. The van der Waals surface area contributed by atoms with E-state index in [0.29, 0.717) is 35.8 Å². The van der Waals surface area contributed by atoms with E-state index in [1.165, 1.54) is 21.3 Å². The van der Waals surface area contributed by atoms with E-state index < -0.39 is 0 Å². The Kier molecular flexibility index (Phi) is 5.49. The lowest BCUT2D eigenvalue weighted by atomic mass is 10.0. The topological polar surface area (TPSA) is 77.0 Å². The van der Waals surface area contributed by atoms with Crippen molar-refractivity contribution in [1.82, 2.24) is 0 Å². The molecular weight excluding hydrogens is 286 g/mol. The van der Waals surface area contributed by atoms with Crippen LogP contribution in [0, 0.1) is 5.92 Å². The van der Waals surface area contributed by atoms with Gasteiger partial charge in [-0.25, -0.2) is 0 Å². The zero-order valence-electron chi connectivity index (χ0n) is 13.2. The molecule has 0 aliphatic heterocycles. The number of carbonyl (C=O) groups is 1. The number of methoxy groups -OCH3 is 3. The Morgan fingerprint density at radius 2 is 1.82 bits per heavy atom. The van der Waals surface area contributed by atoms with Gasteiger partial charge in [-0.15, -0.1) is 0 Å². The summed E-state index contributed by atoms with van der Waals surface area (Å²) < 4.78 is 15.8. The maximum Gasteiger partial charge on any atom is 0.224 e. The summed E-state index contributed by atoms with van der Waals surface area (Å²) in [6.45, 7) is 0. The third kappa shape index (κ3) is 3.82. The average Bonchev–Trinajstić information content (AvgIpc) is 2.90. The minimum Gasteiger partial charge on any atom is -0.493 e. The lowest BCUT2D eigenvalue weighted by molar-refractivity contribution is -0.117. The fraction of sp³-hybridized carbons (Fsp3) is 0.562. The minimum atomic E-state index is -0.265. The van der Waals surface area contributed by atoms with E-state index in [0.717, 1.165) is 12.8 Å². The highest BCUT2D eigenvalue weighted by Gasteiger charge is 2.25. The van der Waals surface area contributed by atoms with E-state index in [1.807, 2.05) is 0 Å². The van der Waals surface area contributed by atoms with Gasteiger partial charge in [-0.2, -0.15) is 0 Å². The molecule has 2 atom stereocenters. The van der Waals surface area contributed by atoms with Gasteiger partial charge < -0.3 is 24.6 Å². The summed E-state index contributed by atoms with van der Waals surface area (Å²) in [5, 5.41) is 12.4. The molecule has 1 aromatic rings. The highest BCUT2D eigenvalue weighted by molar-refractivity contribution is 5.91. The van der Waals surface area contributed by atoms with E-state index in [9.17, 15) is 9.90 Å². The molecule has 1 aliphatic rings. The molecule has 1 saturated carbocycles. The monoisotopic (exact) mass is 309 g/mol. The number of carbonyl (C=O) groups excluding carboxylic acids is 1. The van der Waals surface area contributed by atoms with Gasteiger partial charge >= 0.3 is 0 Å². The van der Waals surface area contributed by atoms with Crippen LogP contribution in [0.4, 0.5) is 5.69 Å². The summed E-state index contributed by atoms with van der Waals surface area (Å²) in [5.41, 5.74) is 0.595. The van der Waals surface area contributed by atoms with Crippen molar-refractivity contribution in [3.8, 4) is 17.2 Å². The van der Waals surface area contributed by atoms with Gasteiger partial charge in [-0.1, -0.05) is 0 Å². The summed E-state index contributed by atoms with van der Waals surface area (Å²) >= 11 is 0. The zero-order chi connectivity index (χ0) is 16.1. The third-order valence-corrected chi connectivity index (χ3v) is 3.94. The Bertz CT molecular complexity index is 506. The average molecular weight is 309 g/mol. The van der Waals surface area contributed by atoms with Crippen molar-refractivity contribution in [2.45, 2.75) is 31.8 Å². The number of hydrogen-bond acceptors (Lipinski definition) is 5. The molecule has 6 heteroatoms. The van der Waals surface area contributed by atoms with Gasteiger partial charge in [-0.05, 0) is 25.2 Å². The van der Waals surface area contributed by atoms with Crippen molar-refractivity contribution in [2.75, 3.05) is 26.6 Å². The third-order valence-electron chi connectivity index (χ3n) is 3.94. The highest BCUT2D eigenvalue weighted by atomic mass is 16.5. The van der Waals surface area contributed by atoms with Crippen LogP contribution in [0.2, 0.25) is 0 Å². The lowest BCUT2D eigenvalue weighted by Gasteiger charge is -2.15. The van der Waals surface area contributed by atoms with E-state index in [1.54, 1.807) is 12.1 Å². The van der Waals surface area contributed by atoms with Crippen LogP contribution in [0.3, 0.4) is 0 Å². The van der Waals surface area contributed by atoms with E-state index in [-0.39, 0.29) is 17.9 Å². The number of hydrogen-bond donors (Lipinski definition) is 2. The first-order chi connectivity index (χ1) is 10.6. The number of aliphatic hydroxyl groups excluding tert-OH is 1. The molecule has 122 valence electrons. The van der Waals surface area contributed by atoms with Crippen LogP contribution in [0.15, 0.2) is 12.1 Å². The van der Waals surface area contributed by atoms with Gasteiger partial charge in [0.1, 0.15) is 0 Å². The van der Waals surface area contributed by atoms with Crippen molar-refractivity contribution in [2.24, 2.45) is 5.92 Å². The molecule has 1 amide bonds. The molecule has 2 unspecified atom stereocenters. The fourth-order valence-electron chi connectivity index (χ4n) is 2.86. The van der Waals surface area contributed by atoms with Crippen LogP contribution in [-0.2, 0) is 4.79 Å². The molecule has 0 radical (unpaired) electrons. The molecule has 0 heterocycles. The summed E-state index contributed by atoms with van der Waals surface area (Å²) in [5.74, 6) is 1.65. The van der Waals surface area contributed by atoms with Gasteiger partial charge in [0.05, 0.1) is 27.4 Å². The molecule has 2 rings (SSSR count). The largest absolute Gasteiger partial charge is 0.493 e. The first-order valence-electron chi connectivity index (χ1n) is 7.35. The zero-order valence-corrected chi connectivity index (χ0v) is 13.2. The van der Waals surface area contributed by atoms with Gasteiger partial charge in [0, 0.05) is 24.2 Å². The molecule has 1 aliphatic carbocycles. The highest BCUT2D eigenvalue weighted by Crippen LogP contribution is 2.40. The van der Waals surface area contributed by atoms with Crippen molar-refractivity contribution < 1.29 is 24.1 Å². The van der Waals surface area contributed by atoms with Crippen LogP contribution in [-0.4, -0.2) is 38.4 Å². The Hall–Kier alpha value is -1.95. The maximum atomic E-state index is 12.1. The molecule has 0 saturated heterocycles. The summed E-state index contributed by atoms with van der Waals surface area (Å²) in [4.78, 5) is 12.1. The molecule has 1 fully saturated rings. The maximum absolute atomic E-state index is 12.1. The van der Waals surface area contributed by atoms with E-state index in [4.69, 9.17) is 14.2 Å². The second kappa shape index (κ2) is 7.35. The van der Waals surface area contributed by atoms with Crippen LogP contribution in [0.25, 0.3) is 0 Å². The Morgan fingerprint density at radius 3 is 2.27 bits per heavy atom. The Morgan fingerprint density at radius 1 is 1.18 bits per heavy atom. The molecule has 0 aromatic heterocycles. The van der Waals surface area contributed by atoms with Gasteiger partial charge in [-0.3, -0.25) is 4.79 Å². The second-order valence-electron chi connectivity index (χ2n) is 5.50. The SMILES string of the molecule is COc1cc(NC(=O)CC2CCC(O)C2)cc(OC)c1OC. The number of aliphatic hydroxyl groups is 1. The van der Waals surface area contributed by atoms with E-state index >= 15 is 0 Å². The summed E-state index contributed by atoms with van der Waals surface area (Å²) in [6.07, 6.45) is 2.52. The first-order valence-corrected chi connectivity index (χ1v) is 7.35. The molecular formula is C16H23NO5. The molecule has 22 heavy (non-hydrogen) atoms. The minimum absolute atomic E-state index is 0.0756. The van der Waals surface area contributed by atoms with Crippen molar-refractivity contribution in [3.05, 3.63) is 12.1 Å². The Labute approximate surface area is 130 Å². The molecule has 0 spiro atoms. The van der Waals surface area contributed by atoms with E-state index in [2.05, 4.69) is 5.32 Å². The van der Waals surface area contributed by atoms with Crippen LogP contribution >= 0.6 is 0 Å². The standard InChI is InChI=1S/C16H23NO5/c1-20-13-8-11(9-14(21-2)16(13)22-3)17-15(19)7-10-4-5-12(18)6-10/h8-10,12,18H,4-7H2,1-3H3,(H,17,19). The van der Waals surface area contributed by atoms with Crippen molar-refractivity contribution >= 4 is 11.6 Å². The van der Waals surface area contributed by atoms with Crippen molar-refractivity contribution in [1.29, 1.82) is 0 Å². The van der Waals surface area contributed by atoms with Gasteiger partial charge in [0.15, 0.2) is 11.5 Å². The molecule has 0 bridgehead atoms. The van der Waals surface area contributed by atoms with Crippen LogP contribution in [0.1, 0.15) is 25.7 Å². The lowest BCUT2D eigenvalue weighted by Crippen LogP contribution is -2.16. The summed E-state index contributed by atoms with van der Waals surface area (Å²) in [6, 6.07) is 3.39. The fourth-order valence-corrected chi connectivity index (χ4v) is 2.86. The Balaban J connectivity index is 2.07. The number of rotatable bonds is 6. The molecule has 6 nitrogen and oxygen atoms in total. The number of anilines is 1. The normalized spacial score (nSPS) is 20.5. The quantitative estimate of drug-likeness (QED) is 0.842. The van der Waals surface area contributed by atoms with Gasteiger partial charge in [0.25, 0.3) is 0 Å². The van der Waals surface area contributed by atoms with Crippen LogP contribution in [0.5, 0.6) is 17.2 Å². The number of benzene rings is 1. The molecule has 1 aromatic carbocycles. The summed E-state index contributed by atoms with van der Waals surface area (Å²) in [7, 11) is 4.59.